The fourth-order valence-electron chi connectivity index (χ4n) is 2.72. The minimum atomic E-state index is -3.49. The Balaban J connectivity index is 1.74. The molecule has 1 aromatic carbocycles. The molecule has 1 aliphatic heterocycles. The van der Waals surface area contributed by atoms with Gasteiger partial charge in [-0.2, -0.15) is 0 Å². The van der Waals surface area contributed by atoms with Crippen LogP contribution in [0.4, 0.5) is 11.6 Å². The Hall–Kier alpha value is -1.90. The van der Waals surface area contributed by atoms with Gasteiger partial charge in [-0.25, -0.2) is 22.7 Å². The first-order valence-corrected chi connectivity index (χ1v) is 9.70. The summed E-state index contributed by atoms with van der Waals surface area (Å²) in [6, 6.07) is 6.68. The molecular weight excluding hydrogens is 362 g/mol. The summed E-state index contributed by atoms with van der Waals surface area (Å²) in [5.74, 6) is 0.723. The average molecular weight is 382 g/mol. The number of aromatic nitrogens is 2. The summed E-state index contributed by atoms with van der Waals surface area (Å²) >= 11 is 6.36. The van der Waals surface area contributed by atoms with Crippen LogP contribution in [-0.2, 0) is 10.0 Å². The zero-order chi connectivity index (χ0) is 18.0. The highest BCUT2D eigenvalue weighted by atomic mass is 35.5. The summed E-state index contributed by atoms with van der Waals surface area (Å²) in [5, 5.41) is 0.437. The number of piperazine rings is 1. The van der Waals surface area contributed by atoms with Crippen LogP contribution in [0.2, 0.25) is 5.02 Å². The van der Waals surface area contributed by atoms with E-state index in [0.29, 0.717) is 5.02 Å². The summed E-state index contributed by atoms with van der Waals surface area (Å²) in [5.41, 5.74) is 0.841. The van der Waals surface area contributed by atoms with Gasteiger partial charge in [-0.1, -0.05) is 11.6 Å². The minimum Gasteiger partial charge on any atom is -0.367 e. The number of sulfonamides is 1. The van der Waals surface area contributed by atoms with E-state index in [1.165, 1.54) is 24.5 Å². The van der Waals surface area contributed by atoms with Crippen LogP contribution in [0.15, 0.2) is 41.6 Å². The van der Waals surface area contributed by atoms with Crippen LogP contribution < -0.4 is 9.80 Å². The second-order valence-electron chi connectivity index (χ2n) is 5.92. The van der Waals surface area contributed by atoms with Crippen molar-refractivity contribution in [2.75, 3.05) is 50.1 Å². The maximum atomic E-state index is 12.2. The number of halogens is 1. The summed E-state index contributed by atoms with van der Waals surface area (Å²) in [6.45, 7) is 3.08. The Kier molecular flexibility index (Phi) is 5.12. The lowest BCUT2D eigenvalue weighted by molar-refractivity contribution is 0.520. The molecule has 2 aromatic rings. The predicted octanol–water partition coefficient (Wildman–Crippen LogP) is 1.71. The average Bonchev–Trinajstić information content (AvgIpc) is 2.62. The Morgan fingerprint density at radius 1 is 1.04 bits per heavy atom. The van der Waals surface area contributed by atoms with E-state index >= 15 is 0 Å². The third-order valence-electron chi connectivity index (χ3n) is 4.15. The van der Waals surface area contributed by atoms with Crippen molar-refractivity contribution in [2.45, 2.75) is 4.90 Å². The molecule has 0 bridgehead atoms. The van der Waals surface area contributed by atoms with Gasteiger partial charge < -0.3 is 9.80 Å². The first kappa shape index (κ1) is 17.9. The van der Waals surface area contributed by atoms with Crippen molar-refractivity contribution in [1.82, 2.24) is 14.3 Å². The maximum absolute atomic E-state index is 12.2. The highest BCUT2D eigenvalue weighted by molar-refractivity contribution is 7.89. The monoisotopic (exact) mass is 381 g/mol. The van der Waals surface area contributed by atoms with Crippen molar-refractivity contribution in [3.63, 3.8) is 0 Å². The summed E-state index contributed by atoms with van der Waals surface area (Å²) in [4.78, 5) is 13.0. The van der Waals surface area contributed by atoms with Gasteiger partial charge in [0.1, 0.15) is 0 Å². The van der Waals surface area contributed by atoms with Gasteiger partial charge in [-0.3, -0.25) is 0 Å². The molecule has 0 radical (unpaired) electrons. The number of anilines is 2. The van der Waals surface area contributed by atoms with E-state index in [1.807, 2.05) is 0 Å². The van der Waals surface area contributed by atoms with Crippen LogP contribution >= 0.6 is 11.6 Å². The van der Waals surface area contributed by atoms with E-state index in [1.54, 1.807) is 30.6 Å². The van der Waals surface area contributed by atoms with Crippen LogP contribution in [0.3, 0.4) is 0 Å². The molecule has 1 aliphatic rings. The molecule has 25 heavy (non-hydrogen) atoms. The lowest BCUT2D eigenvalue weighted by Gasteiger charge is -2.36. The topological polar surface area (TPSA) is 69.6 Å². The standard InChI is InChI=1S/C16H20ClN5O2S/c1-20(2)25(23,24)13-4-5-15(14(17)12-13)21-8-10-22(11-9-21)16-18-6-3-7-19-16/h3-7,12H,8-11H2,1-2H3. The molecule has 0 N–H and O–H groups in total. The molecule has 1 aromatic heterocycles. The third-order valence-corrected chi connectivity index (χ3v) is 6.27. The Bertz CT molecular complexity index is 837. The van der Waals surface area contributed by atoms with Gasteiger partial charge in [0.25, 0.3) is 0 Å². The Labute approximate surface area is 152 Å². The van der Waals surface area contributed by atoms with E-state index < -0.39 is 10.0 Å². The number of hydrogen-bond acceptors (Lipinski definition) is 6. The van der Waals surface area contributed by atoms with Crippen molar-refractivity contribution in [2.24, 2.45) is 0 Å². The molecule has 0 saturated carbocycles. The van der Waals surface area contributed by atoms with Crippen molar-refractivity contribution in [3.05, 3.63) is 41.7 Å². The van der Waals surface area contributed by atoms with Gasteiger partial charge in [0, 0.05) is 52.7 Å². The lowest BCUT2D eigenvalue weighted by atomic mass is 10.2. The normalized spacial score (nSPS) is 15.7. The molecule has 0 spiro atoms. The summed E-state index contributed by atoms with van der Waals surface area (Å²) < 4.78 is 25.6. The van der Waals surface area contributed by atoms with Crippen LogP contribution in [0, 0.1) is 0 Å². The molecule has 9 heteroatoms. The summed E-state index contributed by atoms with van der Waals surface area (Å²) in [6.07, 6.45) is 3.46. The van der Waals surface area contributed by atoms with Crippen molar-refractivity contribution >= 4 is 33.3 Å². The molecule has 2 heterocycles. The van der Waals surface area contributed by atoms with E-state index in [2.05, 4.69) is 19.8 Å². The molecule has 1 fully saturated rings. The van der Waals surface area contributed by atoms with Crippen LogP contribution in [0.1, 0.15) is 0 Å². The van der Waals surface area contributed by atoms with E-state index in [-0.39, 0.29) is 4.90 Å². The van der Waals surface area contributed by atoms with Gasteiger partial charge in [-0.15, -0.1) is 0 Å². The Morgan fingerprint density at radius 2 is 1.64 bits per heavy atom. The zero-order valence-corrected chi connectivity index (χ0v) is 15.7. The number of rotatable bonds is 4. The smallest absolute Gasteiger partial charge is 0.242 e. The molecule has 3 rings (SSSR count). The van der Waals surface area contributed by atoms with Crippen LogP contribution in [0.25, 0.3) is 0 Å². The molecule has 0 aliphatic carbocycles. The lowest BCUT2D eigenvalue weighted by Crippen LogP contribution is -2.47. The number of benzene rings is 1. The van der Waals surface area contributed by atoms with Gasteiger partial charge >= 0.3 is 0 Å². The largest absolute Gasteiger partial charge is 0.367 e. The zero-order valence-electron chi connectivity index (χ0n) is 14.1. The van der Waals surface area contributed by atoms with E-state index in [9.17, 15) is 8.42 Å². The fourth-order valence-corrected chi connectivity index (χ4v) is 4.01. The van der Waals surface area contributed by atoms with Crippen LogP contribution in [-0.4, -0.2) is 63.0 Å². The van der Waals surface area contributed by atoms with Gasteiger partial charge in [0.05, 0.1) is 15.6 Å². The second-order valence-corrected chi connectivity index (χ2v) is 8.48. The van der Waals surface area contributed by atoms with Crippen LogP contribution in [0.5, 0.6) is 0 Å². The molecule has 134 valence electrons. The predicted molar refractivity (Wildman–Crippen MR) is 98.8 cm³/mol. The second kappa shape index (κ2) is 7.15. The molecule has 1 saturated heterocycles. The van der Waals surface area contributed by atoms with Crippen molar-refractivity contribution < 1.29 is 8.42 Å². The highest BCUT2D eigenvalue weighted by Gasteiger charge is 2.23. The van der Waals surface area contributed by atoms with E-state index in [4.69, 9.17) is 11.6 Å². The molecule has 0 unspecified atom stereocenters. The highest BCUT2D eigenvalue weighted by Crippen LogP contribution is 2.30. The number of hydrogen-bond donors (Lipinski definition) is 0. The maximum Gasteiger partial charge on any atom is 0.242 e. The molecule has 0 atom stereocenters. The third kappa shape index (κ3) is 3.70. The van der Waals surface area contributed by atoms with Crippen molar-refractivity contribution in [1.29, 1.82) is 0 Å². The SMILES string of the molecule is CN(C)S(=O)(=O)c1ccc(N2CCN(c3ncccn3)CC2)c(Cl)c1. The molecular formula is C16H20ClN5O2S. The van der Waals surface area contributed by atoms with Gasteiger partial charge in [-0.05, 0) is 24.3 Å². The first-order valence-electron chi connectivity index (χ1n) is 7.88. The first-order chi connectivity index (χ1) is 11.9. The minimum absolute atomic E-state index is 0.197. The quantitative estimate of drug-likeness (QED) is 0.803. The van der Waals surface area contributed by atoms with Crippen molar-refractivity contribution in [3.8, 4) is 0 Å². The fraction of sp³-hybridized carbons (Fsp3) is 0.375. The van der Waals surface area contributed by atoms with E-state index in [0.717, 1.165) is 37.8 Å². The van der Waals surface area contributed by atoms with Gasteiger partial charge in [0.2, 0.25) is 16.0 Å². The summed E-state index contributed by atoms with van der Waals surface area (Å²) in [7, 11) is -0.482. The molecule has 7 nitrogen and oxygen atoms in total. The van der Waals surface area contributed by atoms with Gasteiger partial charge in [0.15, 0.2) is 0 Å². The Morgan fingerprint density at radius 3 is 2.20 bits per heavy atom. The number of nitrogens with zero attached hydrogens (tertiary/aromatic N) is 5. The molecule has 0 amide bonds.